The Morgan fingerprint density at radius 2 is 1.50 bits per heavy atom. The number of hydrogen-bond donors (Lipinski definition) is 3. The van der Waals surface area contributed by atoms with Crippen molar-refractivity contribution in [1.82, 2.24) is 30.2 Å². The zero-order valence-electron chi connectivity index (χ0n) is 48.4. The summed E-state index contributed by atoms with van der Waals surface area (Å²) in [6, 6.07) is 13.4. The largest absolute Gasteiger partial charge is 0.480 e. The second-order valence-electron chi connectivity index (χ2n) is 22.0. The van der Waals surface area contributed by atoms with Crippen molar-refractivity contribution in [1.29, 1.82) is 0 Å². The van der Waals surface area contributed by atoms with Crippen LogP contribution in [0.5, 0.6) is 0 Å². The number of thioether (sulfide) groups is 1. The predicted octanol–water partition coefficient (Wildman–Crippen LogP) is 6.79. The van der Waals surface area contributed by atoms with Crippen LogP contribution in [0.2, 0.25) is 0 Å². The fraction of sp³-hybridized carbons (Fsp3) is 0.661. The fourth-order valence-electron chi connectivity index (χ4n) is 10.9. The number of likely N-dealkylation sites (tertiary alicyclic amines) is 2. The van der Waals surface area contributed by atoms with Crippen LogP contribution in [-0.4, -0.2) is 174 Å². The number of methoxy groups -OCH3 is 2. The van der Waals surface area contributed by atoms with E-state index >= 15 is 0 Å². The molecule has 4 rings (SSSR count). The van der Waals surface area contributed by atoms with Crippen LogP contribution in [-0.2, 0) is 67.2 Å². The van der Waals surface area contributed by atoms with Gasteiger partial charge in [-0.1, -0.05) is 116 Å². The van der Waals surface area contributed by atoms with E-state index in [1.807, 2.05) is 95.6 Å². The van der Waals surface area contributed by atoms with Gasteiger partial charge in [-0.15, -0.1) is 0 Å². The number of benzene rings is 2. The minimum atomic E-state index is -1.14. The summed E-state index contributed by atoms with van der Waals surface area (Å²) in [5, 5.41) is 15.6. The molecule has 2 aliphatic heterocycles. The summed E-state index contributed by atoms with van der Waals surface area (Å²) in [5.74, 6) is -3.20. The molecule has 0 aromatic heterocycles. The Morgan fingerprint density at radius 1 is 0.833 bits per heavy atom. The van der Waals surface area contributed by atoms with Crippen molar-refractivity contribution in [3.05, 3.63) is 71.3 Å². The standard InChI is InChI=1S/C59H90N6O12S/c1-13-39(6)53(48(75-10)33-50(67)64-30-20-24-47(64)54(76-11)40(7)55(69)60-45(58(72)73)32-41-21-16-14-17-22-41)62(8)35-46(37(2)3)61-56(70)52(38(4)5)63(9)59(74)77-36-43-27-25-42(26-28-43)31-44(66)23-18-15-19-29-65-51(68)34-49(78-12)57(65)71/h14,16-17,21-22,25-28,37-40,45-49,52-54H,13,15,18-20,23-24,29-36H2,1-12H3,(H,60,69)(H,61,70)(H,72,73)/t39-,40+,45-,46+,47-,48+,49?,52-,53-,54+/m0/s1. The third kappa shape index (κ3) is 18.6. The number of carboxylic acid groups (broad SMARTS) is 1. The van der Waals surface area contributed by atoms with Crippen molar-refractivity contribution in [2.24, 2.45) is 23.7 Å². The van der Waals surface area contributed by atoms with Gasteiger partial charge in [0, 0.05) is 78.7 Å². The summed E-state index contributed by atoms with van der Waals surface area (Å²) >= 11 is 1.40. The summed E-state index contributed by atoms with van der Waals surface area (Å²) in [7, 11) is 6.64. The van der Waals surface area contributed by atoms with Crippen LogP contribution < -0.4 is 10.6 Å². The maximum atomic E-state index is 14.4. The first-order valence-corrected chi connectivity index (χ1v) is 29.1. The van der Waals surface area contributed by atoms with Gasteiger partial charge in [0.25, 0.3) is 0 Å². The lowest BCUT2D eigenvalue weighted by atomic mass is 9.89. The molecule has 6 amide bonds. The van der Waals surface area contributed by atoms with Crippen molar-refractivity contribution in [3.63, 3.8) is 0 Å². The molecule has 0 spiro atoms. The molecular formula is C59H90N6O12S. The smallest absolute Gasteiger partial charge is 0.410 e. The Bertz CT molecular complexity index is 2290. The molecular weight excluding hydrogens is 1020 g/mol. The predicted molar refractivity (Wildman–Crippen MR) is 301 cm³/mol. The minimum absolute atomic E-state index is 0.0152. The Kier molecular flexibility index (Phi) is 26.7. The molecule has 0 aliphatic carbocycles. The highest BCUT2D eigenvalue weighted by Gasteiger charge is 2.43. The maximum Gasteiger partial charge on any atom is 0.410 e. The van der Waals surface area contributed by atoms with Crippen LogP contribution in [0.15, 0.2) is 54.6 Å². The van der Waals surface area contributed by atoms with Gasteiger partial charge in [-0.25, -0.2) is 9.59 Å². The first-order chi connectivity index (χ1) is 37.1. The Labute approximate surface area is 467 Å². The summed E-state index contributed by atoms with van der Waals surface area (Å²) in [6.45, 7) is 15.0. The summed E-state index contributed by atoms with van der Waals surface area (Å²) in [5.41, 5.74) is 2.34. The van der Waals surface area contributed by atoms with E-state index < -0.39 is 54.2 Å². The molecule has 2 aromatic carbocycles. The average Bonchev–Trinajstić information content (AvgIpc) is 4.03. The highest BCUT2D eigenvalue weighted by atomic mass is 32.2. The lowest BCUT2D eigenvalue weighted by Gasteiger charge is -2.41. The Morgan fingerprint density at radius 3 is 2.08 bits per heavy atom. The summed E-state index contributed by atoms with van der Waals surface area (Å²) in [4.78, 5) is 112. The van der Waals surface area contributed by atoms with Crippen LogP contribution >= 0.6 is 11.8 Å². The topological polar surface area (TPSA) is 222 Å². The van der Waals surface area contributed by atoms with E-state index in [1.54, 1.807) is 26.0 Å². The number of carboxylic acids is 1. The number of nitrogens with zero attached hydrogens (tertiary/aromatic N) is 4. The molecule has 19 heteroatoms. The first kappa shape index (κ1) is 65.2. The number of likely N-dealkylation sites (N-methyl/N-ethyl adjacent to an activating group) is 2. The molecule has 18 nitrogen and oxygen atoms in total. The van der Waals surface area contributed by atoms with E-state index in [-0.39, 0.29) is 96.8 Å². The van der Waals surface area contributed by atoms with Crippen molar-refractivity contribution in [2.45, 2.75) is 173 Å². The number of carbonyl (C=O) groups excluding carboxylic acids is 7. The highest BCUT2D eigenvalue weighted by molar-refractivity contribution is 8.00. The van der Waals surface area contributed by atoms with Crippen LogP contribution in [0.1, 0.15) is 123 Å². The van der Waals surface area contributed by atoms with Crippen molar-refractivity contribution < 1.29 is 57.7 Å². The third-order valence-electron chi connectivity index (χ3n) is 15.7. The van der Waals surface area contributed by atoms with E-state index in [0.29, 0.717) is 51.7 Å². The lowest BCUT2D eigenvalue weighted by Crippen LogP contribution is -2.58. The average molecular weight is 1110 g/mol. The van der Waals surface area contributed by atoms with E-state index in [0.717, 1.165) is 29.5 Å². The first-order valence-electron chi connectivity index (χ1n) is 27.9. The van der Waals surface area contributed by atoms with Gasteiger partial charge in [0.1, 0.15) is 24.5 Å². The number of ether oxygens (including phenoxy) is 3. The van der Waals surface area contributed by atoms with Gasteiger partial charge in [-0.3, -0.25) is 43.5 Å². The van der Waals surface area contributed by atoms with E-state index in [4.69, 9.17) is 14.2 Å². The van der Waals surface area contributed by atoms with Crippen molar-refractivity contribution in [2.75, 3.05) is 54.2 Å². The molecule has 0 bridgehead atoms. The summed E-state index contributed by atoms with van der Waals surface area (Å²) < 4.78 is 17.8. The van der Waals surface area contributed by atoms with Gasteiger partial charge in [0.2, 0.25) is 29.5 Å². The normalized spacial score (nSPS) is 18.8. The van der Waals surface area contributed by atoms with E-state index in [2.05, 4.69) is 29.4 Å². The second-order valence-corrected chi connectivity index (χ2v) is 23.1. The van der Waals surface area contributed by atoms with Gasteiger partial charge >= 0.3 is 12.1 Å². The van der Waals surface area contributed by atoms with Crippen LogP contribution in [0.25, 0.3) is 0 Å². The molecule has 0 radical (unpaired) electrons. The van der Waals surface area contributed by atoms with Gasteiger partial charge in [-0.05, 0) is 73.4 Å². The number of nitrogens with one attached hydrogen (secondary N) is 2. The zero-order chi connectivity index (χ0) is 57.8. The number of rotatable bonds is 33. The number of carbonyl (C=O) groups is 8. The number of aliphatic carboxylic acids is 1. The Balaban J connectivity index is 1.32. The number of hydrogen-bond acceptors (Lipinski definition) is 13. The van der Waals surface area contributed by atoms with Crippen molar-refractivity contribution in [3.8, 4) is 0 Å². The molecule has 2 saturated heterocycles. The molecule has 1 unspecified atom stereocenters. The van der Waals surface area contributed by atoms with Crippen LogP contribution in [0.4, 0.5) is 4.79 Å². The molecule has 434 valence electrons. The molecule has 2 fully saturated rings. The van der Waals surface area contributed by atoms with Gasteiger partial charge in [-0.2, -0.15) is 11.8 Å². The molecule has 78 heavy (non-hydrogen) atoms. The number of unbranched alkanes of at least 4 members (excludes halogenated alkanes) is 2. The number of imide groups is 1. The molecule has 2 aromatic rings. The van der Waals surface area contributed by atoms with Crippen LogP contribution in [0.3, 0.4) is 0 Å². The highest BCUT2D eigenvalue weighted by Crippen LogP contribution is 2.30. The quantitative estimate of drug-likeness (QED) is 0.0495. The minimum Gasteiger partial charge on any atom is -0.480 e. The van der Waals surface area contributed by atoms with Crippen molar-refractivity contribution >= 4 is 59.1 Å². The maximum absolute atomic E-state index is 14.4. The monoisotopic (exact) mass is 1110 g/mol. The fourth-order valence-corrected chi connectivity index (χ4v) is 11.6. The number of amides is 6. The molecule has 3 N–H and O–H groups in total. The van der Waals surface area contributed by atoms with E-state index in [1.165, 1.54) is 28.7 Å². The molecule has 2 aliphatic rings. The second kappa shape index (κ2) is 32.0. The van der Waals surface area contributed by atoms with Gasteiger partial charge in [0.15, 0.2) is 0 Å². The zero-order valence-corrected chi connectivity index (χ0v) is 49.2. The molecule has 2 heterocycles. The number of ketones is 1. The molecule has 0 saturated carbocycles. The van der Waals surface area contributed by atoms with Gasteiger partial charge < -0.3 is 34.9 Å². The number of Topliss-reactive ketones (excluding diaryl/α,β-unsaturated/α-hetero) is 1. The third-order valence-corrected chi connectivity index (χ3v) is 16.6. The lowest BCUT2D eigenvalue weighted by molar-refractivity contribution is -0.145. The summed E-state index contributed by atoms with van der Waals surface area (Å²) in [6.07, 6.45) is 5.22. The molecule has 10 atom stereocenters. The van der Waals surface area contributed by atoms with Crippen LogP contribution in [0, 0.1) is 23.7 Å². The SMILES string of the molecule is CC[C@H](C)[C@@H]([C@@H](CC(=O)N1CCC[C@H]1[C@H](OC)[C@@H](C)C(=O)N[C@@H](Cc1ccccc1)C(=O)O)OC)N(C)C[C@@H](NC(=O)[C@H](C(C)C)N(C)C(=O)OCc1ccc(CC(=O)CCCCCN2C(=O)CC(SC)C2=O)cc1)C(C)C. The van der Waals surface area contributed by atoms with Gasteiger partial charge in [0.05, 0.1) is 35.8 Å². The van der Waals surface area contributed by atoms with E-state index in [9.17, 15) is 43.5 Å². The Hall–Kier alpha value is -5.37.